The van der Waals surface area contributed by atoms with Crippen LogP contribution in [-0.2, 0) is 9.59 Å². The van der Waals surface area contributed by atoms with Gasteiger partial charge in [-0.1, -0.05) is 18.2 Å². The summed E-state index contributed by atoms with van der Waals surface area (Å²) >= 11 is 0. The standard InChI is InChI=1S/C25H28N2O4/c1-16-5-3-6-20(17(16)2)27-15-19(14-24(27)28)25(29)26-10-4-7-21(26)18-8-9-22-23(13-18)31-12-11-30-22/h3,5-6,8-9,13,19,21H,4,7,10-12,14-15H2,1-2H3/t19-,21-/m1/s1. The highest BCUT2D eigenvalue weighted by Crippen LogP contribution is 2.40. The Balaban J connectivity index is 1.35. The topological polar surface area (TPSA) is 59.1 Å². The van der Waals surface area contributed by atoms with Gasteiger partial charge in [-0.05, 0) is 61.6 Å². The molecular formula is C25H28N2O4. The largest absolute Gasteiger partial charge is 0.486 e. The zero-order chi connectivity index (χ0) is 21.5. The quantitative estimate of drug-likeness (QED) is 0.758. The van der Waals surface area contributed by atoms with E-state index in [0.717, 1.165) is 53.3 Å². The summed E-state index contributed by atoms with van der Waals surface area (Å²) in [6.45, 7) is 6.36. The van der Waals surface area contributed by atoms with Gasteiger partial charge in [-0.3, -0.25) is 9.59 Å². The van der Waals surface area contributed by atoms with Crippen LogP contribution in [0.2, 0.25) is 0 Å². The molecule has 2 amide bonds. The third-order valence-electron chi connectivity index (χ3n) is 6.83. The average Bonchev–Trinajstić information content (AvgIpc) is 3.42. The zero-order valence-corrected chi connectivity index (χ0v) is 18.1. The second-order valence-corrected chi connectivity index (χ2v) is 8.72. The Bertz CT molecular complexity index is 1030. The molecule has 2 saturated heterocycles. The summed E-state index contributed by atoms with van der Waals surface area (Å²) in [5.41, 5.74) is 4.24. The van der Waals surface area contributed by atoms with Crippen molar-refractivity contribution in [3.05, 3.63) is 53.1 Å². The number of hydrogen-bond donors (Lipinski definition) is 0. The summed E-state index contributed by atoms with van der Waals surface area (Å²) in [5.74, 6) is 1.32. The maximum absolute atomic E-state index is 13.5. The van der Waals surface area contributed by atoms with Gasteiger partial charge in [-0.25, -0.2) is 0 Å². The lowest BCUT2D eigenvalue weighted by molar-refractivity contribution is -0.136. The molecule has 0 N–H and O–H groups in total. The van der Waals surface area contributed by atoms with E-state index in [1.54, 1.807) is 4.90 Å². The second-order valence-electron chi connectivity index (χ2n) is 8.72. The first-order chi connectivity index (χ1) is 15.0. The molecule has 31 heavy (non-hydrogen) atoms. The van der Waals surface area contributed by atoms with Crippen LogP contribution in [0, 0.1) is 19.8 Å². The molecule has 2 atom stereocenters. The molecule has 162 valence electrons. The molecule has 6 nitrogen and oxygen atoms in total. The van der Waals surface area contributed by atoms with Crippen molar-refractivity contribution < 1.29 is 19.1 Å². The number of likely N-dealkylation sites (tertiary alicyclic amines) is 1. The number of nitrogens with zero attached hydrogens (tertiary/aromatic N) is 2. The maximum Gasteiger partial charge on any atom is 0.228 e. The van der Waals surface area contributed by atoms with Crippen molar-refractivity contribution >= 4 is 17.5 Å². The van der Waals surface area contributed by atoms with E-state index in [4.69, 9.17) is 9.47 Å². The highest BCUT2D eigenvalue weighted by atomic mass is 16.6. The number of rotatable bonds is 3. The highest BCUT2D eigenvalue weighted by Gasteiger charge is 2.41. The van der Waals surface area contributed by atoms with Crippen LogP contribution < -0.4 is 14.4 Å². The van der Waals surface area contributed by atoms with Crippen LogP contribution in [0.1, 0.15) is 42.0 Å². The molecule has 0 bridgehead atoms. The number of carbonyl (C=O) groups excluding carboxylic acids is 2. The molecule has 5 rings (SSSR count). The number of carbonyl (C=O) groups is 2. The summed E-state index contributed by atoms with van der Waals surface area (Å²) in [7, 11) is 0. The van der Waals surface area contributed by atoms with E-state index >= 15 is 0 Å². The van der Waals surface area contributed by atoms with Gasteiger partial charge in [0.1, 0.15) is 13.2 Å². The highest BCUT2D eigenvalue weighted by molar-refractivity contribution is 6.01. The summed E-state index contributed by atoms with van der Waals surface area (Å²) < 4.78 is 11.4. The molecule has 0 saturated carbocycles. The van der Waals surface area contributed by atoms with Gasteiger partial charge in [0.05, 0.1) is 12.0 Å². The van der Waals surface area contributed by atoms with Gasteiger partial charge in [-0.15, -0.1) is 0 Å². The molecule has 3 heterocycles. The van der Waals surface area contributed by atoms with Gasteiger partial charge in [0.15, 0.2) is 11.5 Å². The Morgan fingerprint density at radius 1 is 1.06 bits per heavy atom. The molecule has 2 aromatic rings. The molecule has 3 aliphatic rings. The van der Waals surface area contributed by atoms with E-state index < -0.39 is 0 Å². The fourth-order valence-corrected chi connectivity index (χ4v) is 5.01. The summed E-state index contributed by atoms with van der Waals surface area (Å²) in [6, 6.07) is 12.0. The number of ether oxygens (including phenoxy) is 2. The van der Waals surface area contributed by atoms with Gasteiger partial charge < -0.3 is 19.3 Å². The number of hydrogen-bond acceptors (Lipinski definition) is 4. The molecule has 0 aliphatic carbocycles. The van der Waals surface area contributed by atoms with Gasteiger partial charge in [0.2, 0.25) is 11.8 Å². The fourth-order valence-electron chi connectivity index (χ4n) is 5.01. The monoisotopic (exact) mass is 420 g/mol. The summed E-state index contributed by atoms with van der Waals surface area (Å²) in [6.07, 6.45) is 2.16. The van der Waals surface area contributed by atoms with Gasteiger partial charge in [-0.2, -0.15) is 0 Å². The Kier molecular flexibility index (Phi) is 5.08. The fraction of sp³-hybridized carbons (Fsp3) is 0.440. The van der Waals surface area contributed by atoms with Crippen LogP contribution in [0.5, 0.6) is 11.5 Å². The number of anilines is 1. The predicted octanol–water partition coefficient (Wildman–Crippen LogP) is 3.79. The van der Waals surface area contributed by atoms with Crippen molar-refractivity contribution in [3.63, 3.8) is 0 Å². The number of aryl methyl sites for hydroxylation is 1. The Morgan fingerprint density at radius 3 is 2.71 bits per heavy atom. The molecule has 3 aliphatic heterocycles. The first kappa shape index (κ1) is 19.9. The van der Waals surface area contributed by atoms with E-state index in [1.165, 1.54) is 0 Å². The minimum Gasteiger partial charge on any atom is -0.486 e. The van der Waals surface area contributed by atoms with E-state index in [-0.39, 0.29) is 30.2 Å². The molecule has 0 spiro atoms. The molecule has 0 radical (unpaired) electrons. The molecular weight excluding hydrogens is 392 g/mol. The van der Waals surface area contributed by atoms with Crippen molar-refractivity contribution in [1.82, 2.24) is 4.90 Å². The predicted molar refractivity (Wildman–Crippen MR) is 117 cm³/mol. The summed E-state index contributed by atoms with van der Waals surface area (Å²) in [4.78, 5) is 30.1. The first-order valence-corrected chi connectivity index (χ1v) is 11.1. The second kappa shape index (κ2) is 7.91. The molecule has 2 aromatic carbocycles. The minimum atomic E-state index is -0.301. The first-order valence-electron chi connectivity index (χ1n) is 11.1. The van der Waals surface area contributed by atoms with E-state index in [9.17, 15) is 9.59 Å². The number of amides is 2. The Morgan fingerprint density at radius 2 is 1.87 bits per heavy atom. The van der Waals surface area contributed by atoms with Gasteiger partial charge >= 0.3 is 0 Å². The lowest BCUT2D eigenvalue weighted by Crippen LogP contribution is -2.37. The zero-order valence-electron chi connectivity index (χ0n) is 18.1. The van der Waals surface area contributed by atoms with Crippen LogP contribution in [0.15, 0.2) is 36.4 Å². The van der Waals surface area contributed by atoms with Crippen LogP contribution in [0.3, 0.4) is 0 Å². The van der Waals surface area contributed by atoms with Crippen molar-refractivity contribution in [2.24, 2.45) is 5.92 Å². The molecule has 6 heteroatoms. The van der Waals surface area contributed by atoms with E-state index in [0.29, 0.717) is 19.8 Å². The third kappa shape index (κ3) is 3.54. The van der Waals surface area contributed by atoms with Crippen molar-refractivity contribution in [1.29, 1.82) is 0 Å². The number of benzene rings is 2. The van der Waals surface area contributed by atoms with Crippen molar-refractivity contribution in [2.75, 3.05) is 31.2 Å². The van der Waals surface area contributed by atoms with E-state index in [1.807, 2.05) is 55.1 Å². The van der Waals surface area contributed by atoms with Crippen LogP contribution >= 0.6 is 0 Å². The van der Waals surface area contributed by atoms with Crippen LogP contribution in [0.25, 0.3) is 0 Å². The molecule has 0 aromatic heterocycles. The maximum atomic E-state index is 13.5. The van der Waals surface area contributed by atoms with Gasteiger partial charge in [0.25, 0.3) is 0 Å². The Labute approximate surface area is 182 Å². The van der Waals surface area contributed by atoms with E-state index in [2.05, 4.69) is 0 Å². The van der Waals surface area contributed by atoms with Crippen molar-refractivity contribution in [2.45, 2.75) is 39.2 Å². The lowest BCUT2D eigenvalue weighted by Gasteiger charge is -2.29. The SMILES string of the molecule is Cc1cccc(N2C[C@H](C(=O)N3CCC[C@@H]3c3ccc4c(c3)OCCO4)CC2=O)c1C. The average molecular weight is 421 g/mol. The molecule has 0 unspecified atom stereocenters. The normalized spacial score (nSPS) is 22.8. The smallest absolute Gasteiger partial charge is 0.228 e. The van der Waals surface area contributed by atoms with Gasteiger partial charge in [0, 0.05) is 25.2 Å². The third-order valence-corrected chi connectivity index (χ3v) is 6.83. The molecule has 2 fully saturated rings. The van der Waals surface area contributed by atoms with Crippen molar-refractivity contribution in [3.8, 4) is 11.5 Å². The van der Waals surface area contributed by atoms with Crippen LogP contribution in [0.4, 0.5) is 5.69 Å². The minimum absolute atomic E-state index is 0.0215. The Hall–Kier alpha value is -3.02. The number of fused-ring (bicyclic) bond motifs is 1. The lowest BCUT2D eigenvalue weighted by atomic mass is 10.0. The van der Waals surface area contributed by atoms with Crippen LogP contribution in [-0.4, -0.2) is 43.0 Å². The summed E-state index contributed by atoms with van der Waals surface area (Å²) in [5, 5.41) is 0.